The van der Waals surface area contributed by atoms with Gasteiger partial charge in [-0.1, -0.05) is 0 Å². The van der Waals surface area contributed by atoms with E-state index in [0.29, 0.717) is 37.1 Å². The van der Waals surface area contributed by atoms with Crippen molar-refractivity contribution in [3.63, 3.8) is 0 Å². The number of benzene rings is 1. The van der Waals surface area contributed by atoms with Crippen molar-refractivity contribution in [2.45, 2.75) is 32.9 Å². The summed E-state index contributed by atoms with van der Waals surface area (Å²) in [6.07, 6.45) is 1.26. The van der Waals surface area contributed by atoms with Gasteiger partial charge in [-0.3, -0.25) is 14.3 Å². The van der Waals surface area contributed by atoms with Gasteiger partial charge in [0.2, 0.25) is 0 Å². The second kappa shape index (κ2) is 7.56. The normalized spacial score (nSPS) is 15.9. The smallest absolute Gasteiger partial charge is 0.410 e. The van der Waals surface area contributed by atoms with Gasteiger partial charge in [0.25, 0.3) is 5.56 Å². The molecule has 8 nitrogen and oxygen atoms in total. The summed E-state index contributed by atoms with van der Waals surface area (Å²) in [6, 6.07) is 4.59. The van der Waals surface area contributed by atoms with Gasteiger partial charge in [0, 0.05) is 39.3 Å². The number of amides is 1. The highest BCUT2D eigenvalue weighted by molar-refractivity contribution is 5.78. The summed E-state index contributed by atoms with van der Waals surface area (Å²) in [6.45, 7) is 9.44. The molecule has 1 saturated heterocycles. The Morgan fingerprint density at radius 2 is 1.89 bits per heavy atom. The minimum Gasteiger partial charge on any atom is -0.508 e. The van der Waals surface area contributed by atoms with Crippen LogP contribution in [0.4, 0.5) is 4.79 Å². The maximum Gasteiger partial charge on any atom is 0.410 e. The lowest BCUT2D eigenvalue weighted by Crippen LogP contribution is -2.50. The molecule has 0 bridgehead atoms. The van der Waals surface area contributed by atoms with Gasteiger partial charge in [-0.15, -0.1) is 0 Å². The van der Waals surface area contributed by atoms with E-state index in [9.17, 15) is 14.7 Å². The average molecular weight is 374 g/mol. The molecule has 0 atom stereocenters. The molecule has 0 saturated carbocycles. The Morgan fingerprint density at radius 3 is 2.56 bits per heavy atom. The van der Waals surface area contributed by atoms with Gasteiger partial charge >= 0.3 is 6.09 Å². The highest BCUT2D eigenvalue weighted by Gasteiger charge is 2.25. The highest BCUT2D eigenvalue weighted by atomic mass is 16.6. The molecule has 0 aliphatic carbocycles. The van der Waals surface area contributed by atoms with Crippen molar-refractivity contribution in [3.8, 4) is 5.75 Å². The fourth-order valence-electron chi connectivity index (χ4n) is 3.04. The van der Waals surface area contributed by atoms with E-state index in [0.717, 1.165) is 13.1 Å². The Kier molecular flexibility index (Phi) is 5.36. The molecular formula is C19H26N4O4. The molecular weight excluding hydrogens is 348 g/mol. The number of nitrogens with zero attached hydrogens (tertiary/aromatic N) is 4. The van der Waals surface area contributed by atoms with E-state index < -0.39 is 5.60 Å². The number of aromatic nitrogens is 2. The van der Waals surface area contributed by atoms with Gasteiger partial charge in [0.05, 0.1) is 17.2 Å². The van der Waals surface area contributed by atoms with Crippen molar-refractivity contribution < 1.29 is 14.6 Å². The van der Waals surface area contributed by atoms with E-state index in [1.54, 1.807) is 21.9 Å². The van der Waals surface area contributed by atoms with Gasteiger partial charge in [0.1, 0.15) is 11.4 Å². The van der Waals surface area contributed by atoms with Crippen molar-refractivity contribution in [2.75, 3.05) is 32.7 Å². The molecule has 1 aromatic carbocycles. The van der Waals surface area contributed by atoms with Gasteiger partial charge in [0.15, 0.2) is 0 Å². The SMILES string of the molecule is CC(C)(C)OC(=O)N1CCN(CCn2cnc3ccc(O)cc3c2=O)CC1. The first-order chi connectivity index (χ1) is 12.7. The minimum absolute atomic E-state index is 0.0532. The highest BCUT2D eigenvalue weighted by Crippen LogP contribution is 2.15. The van der Waals surface area contributed by atoms with Crippen LogP contribution in [0.3, 0.4) is 0 Å². The molecule has 1 fully saturated rings. The van der Waals surface area contributed by atoms with Crippen LogP contribution in [0.15, 0.2) is 29.3 Å². The lowest BCUT2D eigenvalue weighted by Gasteiger charge is -2.35. The number of ether oxygens (including phenoxy) is 1. The molecule has 0 spiro atoms. The second-order valence-electron chi connectivity index (χ2n) is 7.75. The molecule has 3 rings (SSSR count). The van der Waals surface area contributed by atoms with E-state index in [1.807, 2.05) is 20.8 Å². The van der Waals surface area contributed by atoms with Crippen molar-refractivity contribution in [3.05, 3.63) is 34.9 Å². The zero-order valence-corrected chi connectivity index (χ0v) is 16.0. The molecule has 27 heavy (non-hydrogen) atoms. The molecule has 1 amide bonds. The molecule has 1 aromatic heterocycles. The van der Waals surface area contributed by atoms with E-state index >= 15 is 0 Å². The number of fused-ring (bicyclic) bond motifs is 1. The van der Waals surface area contributed by atoms with Crippen LogP contribution in [0, 0.1) is 0 Å². The van der Waals surface area contributed by atoms with Crippen LogP contribution in [-0.2, 0) is 11.3 Å². The quantitative estimate of drug-likeness (QED) is 0.879. The molecule has 146 valence electrons. The number of rotatable bonds is 3. The minimum atomic E-state index is -0.493. The van der Waals surface area contributed by atoms with Crippen LogP contribution in [-0.4, -0.2) is 68.9 Å². The Labute approximate surface area is 158 Å². The molecule has 1 aliphatic rings. The van der Waals surface area contributed by atoms with Crippen LogP contribution in [0.1, 0.15) is 20.8 Å². The second-order valence-corrected chi connectivity index (χ2v) is 7.75. The molecule has 0 unspecified atom stereocenters. The van der Waals surface area contributed by atoms with Gasteiger partial charge in [-0.05, 0) is 39.0 Å². The zero-order chi connectivity index (χ0) is 19.6. The Bertz CT molecular complexity index is 879. The number of piperazine rings is 1. The van der Waals surface area contributed by atoms with Gasteiger partial charge < -0.3 is 14.7 Å². The third-order valence-electron chi connectivity index (χ3n) is 4.49. The Hall–Kier alpha value is -2.61. The number of hydrogen-bond acceptors (Lipinski definition) is 6. The summed E-state index contributed by atoms with van der Waals surface area (Å²) in [4.78, 5) is 32.9. The lowest BCUT2D eigenvalue weighted by atomic mass is 10.2. The third kappa shape index (κ3) is 4.77. The monoisotopic (exact) mass is 374 g/mol. The van der Waals surface area contributed by atoms with Crippen LogP contribution >= 0.6 is 0 Å². The van der Waals surface area contributed by atoms with Crippen molar-refractivity contribution in [1.82, 2.24) is 19.4 Å². The number of carbonyl (C=O) groups is 1. The zero-order valence-electron chi connectivity index (χ0n) is 16.0. The maximum absolute atomic E-state index is 12.6. The number of phenolic OH excluding ortho intramolecular Hbond substituents is 1. The van der Waals surface area contributed by atoms with Crippen molar-refractivity contribution >= 4 is 17.0 Å². The fraction of sp³-hybridized carbons (Fsp3) is 0.526. The number of phenols is 1. The van der Waals surface area contributed by atoms with Gasteiger partial charge in [-0.25, -0.2) is 9.78 Å². The van der Waals surface area contributed by atoms with Crippen molar-refractivity contribution in [1.29, 1.82) is 0 Å². The number of hydrogen-bond donors (Lipinski definition) is 1. The Balaban J connectivity index is 1.56. The summed E-state index contributed by atoms with van der Waals surface area (Å²) in [7, 11) is 0. The van der Waals surface area contributed by atoms with Crippen LogP contribution < -0.4 is 5.56 Å². The summed E-state index contributed by atoms with van der Waals surface area (Å²) >= 11 is 0. The summed E-state index contributed by atoms with van der Waals surface area (Å²) in [5.41, 5.74) is -0.0873. The van der Waals surface area contributed by atoms with E-state index in [4.69, 9.17) is 4.74 Å². The summed E-state index contributed by atoms with van der Waals surface area (Å²) < 4.78 is 6.96. The number of carbonyl (C=O) groups excluding carboxylic acids is 1. The molecule has 2 aromatic rings. The largest absolute Gasteiger partial charge is 0.508 e. The maximum atomic E-state index is 12.6. The van der Waals surface area contributed by atoms with Crippen molar-refractivity contribution in [2.24, 2.45) is 0 Å². The first-order valence-corrected chi connectivity index (χ1v) is 9.11. The first kappa shape index (κ1) is 19.2. The predicted octanol–water partition coefficient (Wildman–Crippen LogP) is 1.65. The van der Waals surface area contributed by atoms with Gasteiger partial charge in [-0.2, -0.15) is 0 Å². The topological polar surface area (TPSA) is 87.9 Å². The van der Waals surface area contributed by atoms with Crippen LogP contribution in [0.5, 0.6) is 5.75 Å². The van der Waals surface area contributed by atoms with E-state index in [1.165, 1.54) is 12.1 Å². The standard InChI is InChI=1S/C19H26N4O4/c1-19(2,3)27-18(26)22-9-6-21(7-10-22)8-11-23-13-20-16-5-4-14(24)12-15(16)17(23)25/h4-5,12-13,24H,6-11H2,1-3H3. The first-order valence-electron chi connectivity index (χ1n) is 9.11. The lowest BCUT2D eigenvalue weighted by molar-refractivity contribution is 0.0143. The molecule has 1 aliphatic heterocycles. The summed E-state index contributed by atoms with van der Waals surface area (Å²) in [5.74, 6) is 0.0532. The predicted molar refractivity (Wildman–Crippen MR) is 102 cm³/mol. The van der Waals surface area contributed by atoms with Crippen LogP contribution in [0.2, 0.25) is 0 Å². The van der Waals surface area contributed by atoms with E-state index in [2.05, 4.69) is 9.88 Å². The third-order valence-corrected chi connectivity index (χ3v) is 4.49. The van der Waals surface area contributed by atoms with E-state index in [-0.39, 0.29) is 17.4 Å². The number of aromatic hydroxyl groups is 1. The van der Waals surface area contributed by atoms with Crippen LogP contribution in [0.25, 0.3) is 10.9 Å². The summed E-state index contributed by atoms with van der Waals surface area (Å²) in [5, 5.41) is 10.0. The molecule has 2 heterocycles. The average Bonchev–Trinajstić information content (AvgIpc) is 2.60. The molecule has 0 radical (unpaired) electrons. The Morgan fingerprint density at radius 1 is 1.19 bits per heavy atom. The molecule has 8 heteroatoms. The molecule has 1 N–H and O–H groups in total. The fourth-order valence-corrected chi connectivity index (χ4v) is 3.04.